The highest BCUT2D eigenvalue weighted by molar-refractivity contribution is 5.20. The van der Waals surface area contributed by atoms with Gasteiger partial charge in [0, 0.05) is 17.6 Å². The molecule has 0 bridgehead atoms. The molecule has 0 fully saturated rings. The van der Waals surface area contributed by atoms with Crippen LogP contribution in [0.25, 0.3) is 0 Å². The van der Waals surface area contributed by atoms with E-state index in [9.17, 15) is 0 Å². The monoisotopic (exact) mass is 203 g/mol. The summed E-state index contributed by atoms with van der Waals surface area (Å²) in [6, 6.07) is 6.23. The maximum Gasteiger partial charge on any atom is 0.0967 e. The molecule has 3 heteroatoms. The molecule has 0 saturated carbocycles. The summed E-state index contributed by atoms with van der Waals surface area (Å²) in [5.41, 5.74) is 3.29. The molecule has 0 aliphatic rings. The first-order valence-electron chi connectivity index (χ1n) is 5.19. The van der Waals surface area contributed by atoms with Gasteiger partial charge in [-0.3, -0.25) is 4.68 Å². The van der Waals surface area contributed by atoms with E-state index in [0.29, 0.717) is 0 Å². The SMILES string of the molecule is Cc1ccn(C(C)(C)c2ccc(C)[nH]2)n1. The fourth-order valence-corrected chi connectivity index (χ4v) is 1.71. The predicted molar refractivity (Wildman–Crippen MR) is 60.9 cm³/mol. The smallest absolute Gasteiger partial charge is 0.0967 e. The van der Waals surface area contributed by atoms with Crippen molar-refractivity contribution in [1.29, 1.82) is 0 Å². The van der Waals surface area contributed by atoms with Gasteiger partial charge in [0.05, 0.1) is 11.2 Å². The zero-order chi connectivity index (χ0) is 11.1. The summed E-state index contributed by atoms with van der Waals surface area (Å²) in [6.07, 6.45) is 2.02. The average molecular weight is 203 g/mol. The number of aryl methyl sites for hydroxylation is 2. The molecule has 3 nitrogen and oxygen atoms in total. The van der Waals surface area contributed by atoms with E-state index in [1.807, 2.05) is 23.9 Å². The maximum atomic E-state index is 4.46. The molecule has 0 radical (unpaired) electrons. The van der Waals surface area contributed by atoms with E-state index in [2.05, 4.69) is 43.0 Å². The Morgan fingerprint density at radius 2 is 1.93 bits per heavy atom. The molecule has 80 valence electrons. The highest BCUT2D eigenvalue weighted by atomic mass is 15.3. The molecule has 0 saturated heterocycles. The first-order chi connectivity index (χ1) is 7.00. The minimum absolute atomic E-state index is 0.123. The lowest BCUT2D eigenvalue weighted by molar-refractivity contribution is 0.379. The van der Waals surface area contributed by atoms with Crippen molar-refractivity contribution >= 4 is 0 Å². The molecule has 15 heavy (non-hydrogen) atoms. The zero-order valence-electron chi connectivity index (χ0n) is 9.70. The number of aromatic nitrogens is 3. The summed E-state index contributed by atoms with van der Waals surface area (Å²) in [5, 5.41) is 4.46. The van der Waals surface area contributed by atoms with Crippen LogP contribution in [0.5, 0.6) is 0 Å². The van der Waals surface area contributed by atoms with E-state index in [4.69, 9.17) is 0 Å². The molecule has 2 aromatic rings. The molecule has 0 aliphatic carbocycles. The van der Waals surface area contributed by atoms with Crippen LogP contribution >= 0.6 is 0 Å². The minimum Gasteiger partial charge on any atom is -0.361 e. The second-order valence-electron chi connectivity index (χ2n) is 4.52. The standard InChI is InChI=1S/C12H17N3/c1-9-5-6-11(13-9)12(3,4)15-8-7-10(2)14-15/h5-8,13H,1-4H3. The van der Waals surface area contributed by atoms with Gasteiger partial charge in [-0.15, -0.1) is 0 Å². The first-order valence-corrected chi connectivity index (χ1v) is 5.19. The van der Waals surface area contributed by atoms with Crippen LogP contribution in [-0.4, -0.2) is 14.8 Å². The lowest BCUT2D eigenvalue weighted by Crippen LogP contribution is -2.28. The molecule has 0 unspecified atom stereocenters. The van der Waals surface area contributed by atoms with Crippen molar-refractivity contribution in [3.05, 3.63) is 41.5 Å². The summed E-state index contributed by atoms with van der Waals surface area (Å²) >= 11 is 0. The fraction of sp³-hybridized carbons (Fsp3) is 0.417. The second-order valence-corrected chi connectivity index (χ2v) is 4.52. The van der Waals surface area contributed by atoms with E-state index in [1.54, 1.807) is 0 Å². The second kappa shape index (κ2) is 3.26. The Morgan fingerprint density at radius 3 is 2.40 bits per heavy atom. The molecule has 0 amide bonds. The van der Waals surface area contributed by atoms with E-state index < -0.39 is 0 Å². The quantitative estimate of drug-likeness (QED) is 0.799. The van der Waals surface area contributed by atoms with E-state index in [-0.39, 0.29) is 5.54 Å². The summed E-state index contributed by atoms with van der Waals surface area (Å²) in [6.45, 7) is 8.38. The number of hydrogen-bond acceptors (Lipinski definition) is 1. The molecule has 1 N–H and O–H groups in total. The van der Waals surface area contributed by atoms with Gasteiger partial charge in [0.15, 0.2) is 0 Å². The van der Waals surface area contributed by atoms with Crippen LogP contribution in [0, 0.1) is 13.8 Å². The molecular weight excluding hydrogens is 186 g/mol. The van der Waals surface area contributed by atoms with Gasteiger partial charge in [-0.1, -0.05) is 0 Å². The predicted octanol–water partition coefficient (Wildman–Crippen LogP) is 2.61. The Kier molecular flexibility index (Phi) is 2.18. The number of nitrogens with one attached hydrogen (secondary N) is 1. The number of rotatable bonds is 2. The molecule has 0 aromatic carbocycles. The van der Waals surface area contributed by atoms with Crippen LogP contribution < -0.4 is 0 Å². The van der Waals surface area contributed by atoms with Crippen LogP contribution in [0.4, 0.5) is 0 Å². The van der Waals surface area contributed by atoms with Crippen LogP contribution in [0.15, 0.2) is 24.4 Å². The minimum atomic E-state index is -0.123. The lowest BCUT2D eigenvalue weighted by atomic mass is 10.0. The van der Waals surface area contributed by atoms with Crippen LogP contribution in [0.1, 0.15) is 30.9 Å². The molecule has 2 heterocycles. The van der Waals surface area contributed by atoms with Gasteiger partial charge in [-0.2, -0.15) is 5.10 Å². The van der Waals surface area contributed by atoms with E-state index in [1.165, 1.54) is 11.4 Å². The van der Waals surface area contributed by atoms with Crippen LogP contribution in [-0.2, 0) is 5.54 Å². The Morgan fingerprint density at radius 1 is 1.20 bits per heavy atom. The van der Waals surface area contributed by atoms with E-state index in [0.717, 1.165) is 5.69 Å². The van der Waals surface area contributed by atoms with E-state index >= 15 is 0 Å². The van der Waals surface area contributed by atoms with Crippen molar-refractivity contribution < 1.29 is 0 Å². The van der Waals surface area contributed by atoms with Crippen molar-refractivity contribution in [1.82, 2.24) is 14.8 Å². The summed E-state index contributed by atoms with van der Waals surface area (Å²) in [7, 11) is 0. The highest BCUT2D eigenvalue weighted by Crippen LogP contribution is 2.23. The van der Waals surface area contributed by atoms with Gasteiger partial charge < -0.3 is 4.98 Å². The van der Waals surface area contributed by atoms with Crippen molar-refractivity contribution in [3.8, 4) is 0 Å². The Balaban J connectivity index is 2.42. The molecule has 2 aromatic heterocycles. The van der Waals surface area contributed by atoms with Crippen LogP contribution in [0.2, 0.25) is 0 Å². The van der Waals surface area contributed by atoms with Gasteiger partial charge in [-0.05, 0) is 45.9 Å². The largest absolute Gasteiger partial charge is 0.361 e. The van der Waals surface area contributed by atoms with Gasteiger partial charge in [0.2, 0.25) is 0 Å². The third-order valence-electron chi connectivity index (χ3n) is 2.79. The Bertz CT molecular complexity index is 420. The van der Waals surface area contributed by atoms with Gasteiger partial charge in [-0.25, -0.2) is 0 Å². The molecule has 0 aliphatic heterocycles. The normalized spacial score (nSPS) is 12.0. The highest BCUT2D eigenvalue weighted by Gasteiger charge is 2.24. The molecule has 0 spiro atoms. The first kappa shape index (κ1) is 10.0. The lowest BCUT2D eigenvalue weighted by Gasteiger charge is -2.24. The van der Waals surface area contributed by atoms with Gasteiger partial charge >= 0.3 is 0 Å². The number of hydrogen-bond donors (Lipinski definition) is 1. The van der Waals surface area contributed by atoms with Gasteiger partial charge in [0.25, 0.3) is 0 Å². The zero-order valence-corrected chi connectivity index (χ0v) is 9.70. The summed E-state index contributed by atoms with van der Waals surface area (Å²) in [4.78, 5) is 3.36. The molecule has 2 rings (SSSR count). The topological polar surface area (TPSA) is 33.6 Å². The van der Waals surface area contributed by atoms with Crippen molar-refractivity contribution in [3.63, 3.8) is 0 Å². The fourth-order valence-electron chi connectivity index (χ4n) is 1.71. The average Bonchev–Trinajstić information content (AvgIpc) is 2.74. The van der Waals surface area contributed by atoms with Crippen molar-refractivity contribution in [2.45, 2.75) is 33.2 Å². The maximum absolute atomic E-state index is 4.46. The summed E-state index contributed by atoms with van der Waals surface area (Å²) < 4.78 is 1.99. The van der Waals surface area contributed by atoms with Crippen LogP contribution in [0.3, 0.4) is 0 Å². The number of nitrogens with zero attached hydrogens (tertiary/aromatic N) is 2. The summed E-state index contributed by atoms with van der Waals surface area (Å²) in [5.74, 6) is 0. The Hall–Kier alpha value is -1.51. The van der Waals surface area contributed by atoms with Crippen molar-refractivity contribution in [2.24, 2.45) is 0 Å². The van der Waals surface area contributed by atoms with Crippen molar-refractivity contribution in [2.75, 3.05) is 0 Å². The molecular formula is C12H17N3. The number of aromatic amines is 1. The Labute approximate surface area is 90.1 Å². The molecule has 0 atom stereocenters. The third-order valence-corrected chi connectivity index (χ3v) is 2.79. The third kappa shape index (κ3) is 1.69. The van der Waals surface area contributed by atoms with Gasteiger partial charge in [0.1, 0.15) is 0 Å². The number of H-pyrrole nitrogens is 1.